The molecule has 0 aromatic heterocycles. The Morgan fingerprint density at radius 2 is 1.85 bits per heavy atom. The highest BCUT2D eigenvalue weighted by molar-refractivity contribution is 5.88. The summed E-state index contributed by atoms with van der Waals surface area (Å²) in [5.41, 5.74) is 2.35. The average Bonchev–Trinajstić information content (AvgIpc) is 3.24. The monoisotopic (exact) mass is 294 g/mol. The first-order valence-electron chi connectivity index (χ1n) is 6.55. The molecule has 0 amide bonds. The van der Waals surface area contributed by atoms with E-state index in [9.17, 15) is 0 Å². The van der Waals surface area contributed by atoms with Crippen LogP contribution < -0.4 is 14.8 Å². The number of halogens is 1. The lowest BCUT2D eigenvalue weighted by molar-refractivity contribution is 0.354. The van der Waals surface area contributed by atoms with Crippen LogP contribution in [0.15, 0.2) is 23.3 Å². The summed E-state index contributed by atoms with van der Waals surface area (Å²) >= 11 is 0. The number of nitrogens with zero attached hydrogens (tertiary/aromatic N) is 1. The molecule has 0 saturated heterocycles. The van der Waals surface area contributed by atoms with Crippen LogP contribution in [0.5, 0.6) is 11.5 Å². The minimum Gasteiger partial charge on any atom is -0.493 e. The Kier molecular flexibility index (Phi) is 4.55. The van der Waals surface area contributed by atoms with Gasteiger partial charge in [0, 0.05) is 12.6 Å². The van der Waals surface area contributed by atoms with Crippen molar-refractivity contribution in [3.63, 3.8) is 0 Å². The van der Waals surface area contributed by atoms with E-state index in [1.807, 2.05) is 24.4 Å². The quantitative estimate of drug-likeness (QED) is 0.932. The smallest absolute Gasteiger partial charge is 0.161 e. The topological polar surface area (TPSA) is 42.9 Å². The lowest BCUT2D eigenvalue weighted by Gasteiger charge is -2.12. The van der Waals surface area contributed by atoms with Gasteiger partial charge in [-0.2, -0.15) is 0 Å². The maximum Gasteiger partial charge on any atom is 0.161 e. The van der Waals surface area contributed by atoms with Gasteiger partial charge >= 0.3 is 0 Å². The molecule has 0 spiro atoms. The van der Waals surface area contributed by atoms with Crippen molar-refractivity contribution < 1.29 is 9.47 Å². The molecule has 1 heterocycles. The molecule has 1 aromatic rings. The molecule has 3 rings (SSSR count). The van der Waals surface area contributed by atoms with Gasteiger partial charge in [0.15, 0.2) is 11.5 Å². The van der Waals surface area contributed by atoms with E-state index in [4.69, 9.17) is 9.47 Å². The molecule has 1 N–H and O–H groups in total. The van der Waals surface area contributed by atoms with Crippen molar-refractivity contribution in [3.05, 3.63) is 29.5 Å². The normalized spacial score (nSPS) is 18.6. The molecule has 4 nitrogen and oxygen atoms in total. The van der Waals surface area contributed by atoms with E-state index in [1.165, 1.54) is 18.4 Å². The second-order valence-corrected chi connectivity index (χ2v) is 4.87. The molecular weight excluding hydrogens is 276 g/mol. The van der Waals surface area contributed by atoms with Crippen LogP contribution in [0, 0.1) is 0 Å². The summed E-state index contributed by atoms with van der Waals surface area (Å²) in [5.74, 6) is 2.56. The lowest BCUT2D eigenvalue weighted by Crippen LogP contribution is -2.19. The molecule has 20 heavy (non-hydrogen) atoms. The van der Waals surface area contributed by atoms with E-state index in [-0.39, 0.29) is 12.4 Å². The molecule has 1 aliphatic heterocycles. The first-order valence-corrected chi connectivity index (χ1v) is 6.55. The van der Waals surface area contributed by atoms with Gasteiger partial charge in [-0.15, -0.1) is 12.4 Å². The summed E-state index contributed by atoms with van der Waals surface area (Å²) in [4.78, 5) is 4.69. The molecule has 1 aliphatic carbocycles. The van der Waals surface area contributed by atoms with Crippen molar-refractivity contribution in [2.24, 2.45) is 4.99 Å². The Balaban J connectivity index is 0.00000147. The summed E-state index contributed by atoms with van der Waals surface area (Å²) in [5, 5.41) is 3.26. The minimum absolute atomic E-state index is 0. The van der Waals surface area contributed by atoms with Crippen molar-refractivity contribution in [2.45, 2.75) is 25.3 Å². The van der Waals surface area contributed by atoms with Gasteiger partial charge in [0.2, 0.25) is 0 Å². The largest absolute Gasteiger partial charge is 0.493 e. The van der Waals surface area contributed by atoms with Gasteiger partial charge in [-0.05, 0) is 42.2 Å². The molecule has 1 aromatic carbocycles. The van der Waals surface area contributed by atoms with Crippen molar-refractivity contribution in [1.29, 1.82) is 0 Å². The number of rotatable bonds is 3. The van der Waals surface area contributed by atoms with Gasteiger partial charge in [0.1, 0.15) is 5.84 Å². The third-order valence-corrected chi connectivity index (χ3v) is 3.40. The van der Waals surface area contributed by atoms with E-state index in [2.05, 4.69) is 10.3 Å². The van der Waals surface area contributed by atoms with Crippen molar-refractivity contribution >= 4 is 24.3 Å². The van der Waals surface area contributed by atoms with Crippen molar-refractivity contribution in [1.82, 2.24) is 5.32 Å². The van der Waals surface area contributed by atoms with E-state index >= 15 is 0 Å². The van der Waals surface area contributed by atoms with Crippen LogP contribution in [0.4, 0.5) is 0 Å². The van der Waals surface area contributed by atoms with Crippen LogP contribution in [0.2, 0.25) is 0 Å². The Labute approximate surface area is 125 Å². The fourth-order valence-corrected chi connectivity index (χ4v) is 2.21. The van der Waals surface area contributed by atoms with Crippen LogP contribution in [-0.2, 0) is 6.42 Å². The Morgan fingerprint density at radius 3 is 2.50 bits per heavy atom. The fourth-order valence-electron chi connectivity index (χ4n) is 2.21. The summed E-state index contributed by atoms with van der Waals surface area (Å²) in [7, 11) is 3.32. The highest BCUT2D eigenvalue weighted by Crippen LogP contribution is 2.32. The van der Waals surface area contributed by atoms with Gasteiger partial charge < -0.3 is 14.8 Å². The number of amidine groups is 1. The number of ether oxygens (including phenoxy) is 2. The van der Waals surface area contributed by atoms with Crippen molar-refractivity contribution in [2.75, 3.05) is 14.2 Å². The summed E-state index contributed by atoms with van der Waals surface area (Å²) in [6.07, 6.45) is 7.23. The molecule has 0 unspecified atom stereocenters. The number of fused-ring (bicyclic) bond motifs is 1. The number of benzene rings is 1. The summed E-state index contributed by atoms with van der Waals surface area (Å²) in [6.45, 7) is 0. The fraction of sp³-hybridized carbons (Fsp3) is 0.400. The van der Waals surface area contributed by atoms with E-state index < -0.39 is 0 Å². The van der Waals surface area contributed by atoms with Crippen LogP contribution in [0.1, 0.15) is 24.0 Å². The Bertz CT molecular complexity index is 551. The number of nitrogens with one attached hydrogen (secondary N) is 1. The summed E-state index contributed by atoms with van der Waals surface area (Å²) < 4.78 is 10.7. The molecule has 1 fully saturated rings. The maximum absolute atomic E-state index is 5.36. The zero-order chi connectivity index (χ0) is 13.2. The number of hydrogen-bond acceptors (Lipinski definition) is 3. The third-order valence-electron chi connectivity index (χ3n) is 3.40. The van der Waals surface area contributed by atoms with Crippen molar-refractivity contribution in [3.8, 4) is 11.5 Å². The standard InChI is InChI=1S/C15H18N2O2.ClH/c1-18-13-7-10-5-6-16-15(17-12-3-4-12)9-11(10)8-14(13)19-2;/h5-8,12H,3-4,9H2,1-2H3,(H,16,17);1H. The molecule has 0 atom stereocenters. The molecule has 5 heteroatoms. The first kappa shape index (κ1) is 14.7. The predicted molar refractivity (Wildman–Crippen MR) is 83.1 cm³/mol. The molecule has 0 bridgehead atoms. The average molecular weight is 295 g/mol. The van der Waals surface area contributed by atoms with E-state index in [0.29, 0.717) is 6.04 Å². The molecule has 2 aliphatic rings. The molecule has 108 valence electrons. The number of methoxy groups -OCH3 is 2. The zero-order valence-electron chi connectivity index (χ0n) is 11.7. The Hall–Kier alpha value is -1.68. The van der Waals surface area contributed by atoms with Crippen LogP contribution >= 0.6 is 12.4 Å². The lowest BCUT2D eigenvalue weighted by atomic mass is 10.0. The first-order chi connectivity index (χ1) is 9.30. The van der Waals surface area contributed by atoms with Gasteiger partial charge in [0.05, 0.1) is 20.3 Å². The predicted octanol–water partition coefficient (Wildman–Crippen LogP) is 2.80. The van der Waals surface area contributed by atoms with E-state index in [1.54, 1.807) is 14.2 Å². The number of aliphatic imine (C=N–C) groups is 1. The highest BCUT2D eigenvalue weighted by Gasteiger charge is 2.22. The number of hydrogen-bond donors (Lipinski definition) is 1. The van der Waals surface area contributed by atoms with Gasteiger partial charge in [0.25, 0.3) is 0 Å². The molecule has 0 radical (unpaired) electrons. The van der Waals surface area contributed by atoms with Gasteiger partial charge in [-0.3, -0.25) is 4.99 Å². The molecular formula is C15H19ClN2O2. The molecule has 1 saturated carbocycles. The van der Waals surface area contributed by atoms with Gasteiger partial charge in [-0.25, -0.2) is 0 Å². The van der Waals surface area contributed by atoms with Crippen LogP contribution in [0.25, 0.3) is 6.08 Å². The maximum atomic E-state index is 5.36. The summed E-state index contributed by atoms with van der Waals surface area (Å²) in [6, 6.07) is 4.57. The minimum atomic E-state index is 0. The second-order valence-electron chi connectivity index (χ2n) is 4.87. The van der Waals surface area contributed by atoms with E-state index in [0.717, 1.165) is 29.3 Å². The SMILES string of the molecule is COc1cc2c(cc1OC)CC(=NC1CC1)NC=C2.Cl. The van der Waals surface area contributed by atoms with Crippen LogP contribution in [0.3, 0.4) is 0 Å². The van der Waals surface area contributed by atoms with Gasteiger partial charge in [-0.1, -0.05) is 0 Å². The third kappa shape index (κ3) is 3.07. The van der Waals surface area contributed by atoms with Crippen LogP contribution in [-0.4, -0.2) is 26.1 Å². The Morgan fingerprint density at radius 1 is 1.15 bits per heavy atom. The highest BCUT2D eigenvalue weighted by atomic mass is 35.5. The second kappa shape index (κ2) is 6.18. The zero-order valence-corrected chi connectivity index (χ0v) is 12.5.